The van der Waals surface area contributed by atoms with Crippen molar-refractivity contribution in [1.82, 2.24) is 10.0 Å². The lowest BCUT2D eigenvalue weighted by Crippen LogP contribution is -2.32. The maximum Gasteiger partial charge on any atom is 0.365 e. The number of aromatic nitrogens is 1. The second-order valence-electron chi connectivity index (χ2n) is 5.81. The van der Waals surface area contributed by atoms with Crippen LogP contribution < -0.4 is 4.90 Å². The molecule has 0 radical (unpaired) electrons. The van der Waals surface area contributed by atoms with Crippen LogP contribution in [0.2, 0.25) is 0 Å². The van der Waals surface area contributed by atoms with Gasteiger partial charge in [0, 0.05) is 19.3 Å². The van der Waals surface area contributed by atoms with Crippen molar-refractivity contribution < 1.29 is 19.2 Å². The molecular formula is C19H19N3O4. The number of carbonyl (C=O) groups excluding carboxylic acids is 3. The monoisotopic (exact) mass is 353 g/mol. The average Bonchev–Trinajstić information content (AvgIpc) is 2.91. The highest BCUT2D eigenvalue weighted by Crippen LogP contribution is 2.23. The van der Waals surface area contributed by atoms with Crippen LogP contribution in [0.3, 0.4) is 0 Å². The minimum Gasteiger partial charge on any atom is -0.357 e. The predicted octanol–water partition coefficient (Wildman–Crippen LogP) is 2.69. The summed E-state index contributed by atoms with van der Waals surface area (Å²) < 4.78 is 0. The third kappa shape index (κ3) is 3.15. The molecule has 2 heterocycles. The number of hydroxylamine groups is 2. The maximum atomic E-state index is 12.3. The second-order valence-corrected chi connectivity index (χ2v) is 5.81. The normalized spacial score (nSPS) is 12.9. The van der Waals surface area contributed by atoms with Crippen LogP contribution in [0.1, 0.15) is 51.3 Å². The van der Waals surface area contributed by atoms with Crippen molar-refractivity contribution in [3.63, 3.8) is 0 Å². The molecule has 0 fully saturated rings. The van der Waals surface area contributed by atoms with Gasteiger partial charge in [-0.2, -0.15) is 0 Å². The van der Waals surface area contributed by atoms with Gasteiger partial charge in [-0.15, -0.1) is 0 Å². The van der Waals surface area contributed by atoms with Crippen molar-refractivity contribution in [1.29, 1.82) is 0 Å². The van der Waals surface area contributed by atoms with Crippen molar-refractivity contribution in [3.8, 4) is 0 Å². The number of pyridine rings is 1. The SMILES string of the molecule is CCCN(CC)c1ccc(C(=O)ON2C(=O)c3ccccc3C2=O)cn1. The van der Waals surface area contributed by atoms with Gasteiger partial charge in [0.05, 0.1) is 16.7 Å². The zero-order chi connectivity index (χ0) is 18.7. The van der Waals surface area contributed by atoms with Gasteiger partial charge in [-0.1, -0.05) is 24.1 Å². The first-order chi connectivity index (χ1) is 12.6. The first-order valence-corrected chi connectivity index (χ1v) is 8.48. The molecule has 2 aromatic rings. The van der Waals surface area contributed by atoms with Gasteiger partial charge in [0.15, 0.2) is 0 Å². The fourth-order valence-corrected chi connectivity index (χ4v) is 2.78. The molecule has 0 saturated heterocycles. The number of amides is 2. The Morgan fingerprint density at radius 3 is 2.23 bits per heavy atom. The van der Waals surface area contributed by atoms with Crippen LogP contribution in [-0.4, -0.2) is 40.9 Å². The van der Waals surface area contributed by atoms with Crippen molar-refractivity contribution >= 4 is 23.6 Å². The van der Waals surface area contributed by atoms with Gasteiger partial charge in [0.25, 0.3) is 11.8 Å². The molecule has 0 spiro atoms. The van der Waals surface area contributed by atoms with Gasteiger partial charge in [0.2, 0.25) is 0 Å². The summed E-state index contributed by atoms with van der Waals surface area (Å²) in [6, 6.07) is 9.63. The number of benzene rings is 1. The van der Waals surface area contributed by atoms with E-state index in [4.69, 9.17) is 4.84 Å². The molecule has 0 atom stereocenters. The molecule has 26 heavy (non-hydrogen) atoms. The third-order valence-corrected chi connectivity index (χ3v) is 4.11. The molecule has 0 aliphatic carbocycles. The highest BCUT2D eigenvalue weighted by Gasteiger charge is 2.38. The largest absolute Gasteiger partial charge is 0.365 e. The zero-order valence-electron chi connectivity index (χ0n) is 14.6. The molecule has 3 rings (SSSR count). The number of nitrogens with zero attached hydrogens (tertiary/aromatic N) is 3. The predicted molar refractivity (Wildman–Crippen MR) is 94.8 cm³/mol. The van der Waals surface area contributed by atoms with E-state index in [1.807, 2.05) is 6.92 Å². The quantitative estimate of drug-likeness (QED) is 0.743. The molecule has 7 heteroatoms. The molecule has 0 saturated carbocycles. The van der Waals surface area contributed by atoms with Crippen LogP contribution in [0.4, 0.5) is 5.82 Å². The number of imide groups is 1. The van der Waals surface area contributed by atoms with E-state index in [1.54, 1.807) is 24.3 Å². The van der Waals surface area contributed by atoms with E-state index in [-0.39, 0.29) is 16.7 Å². The first kappa shape index (κ1) is 17.6. The topological polar surface area (TPSA) is 79.8 Å². The Hall–Kier alpha value is -3.22. The number of hydrogen-bond donors (Lipinski definition) is 0. The highest BCUT2D eigenvalue weighted by atomic mass is 16.7. The molecule has 1 aromatic carbocycles. The highest BCUT2D eigenvalue weighted by molar-refractivity contribution is 6.21. The summed E-state index contributed by atoms with van der Waals surface area (Å²) in [5.74, 6) is -1.35. The Kier molecular flexibility index (Phi) is 4.97. The van der Waals surface area contributed by atoms with Crippen LogP contribution in [0.5, 0.6) is 0 Å². The molecule has 0 N–H and O–H groups in total. The Balaban J connectivity index is 1.73. The van der Waals surface area contributed by atoms with Gasteiger partial charge < -0.3 is 9.74 Å². The van der Waals surface area contributed by atoms with Crippen molar-refractivity contribution in [3.05, 3.63) is 59.3 Å². The molecule has 1 aromatic heterocycles. The lowest BCUT2D eigenvalue weighted by Gasteiger charge is -2.21. The third-order valence-electron chi connectivity index (χ3n) is 4.11. The van der Waals surface area contributed by atoms with Gasteiger partial charge in [-0.25, -0.2) is 9.78 Å². The molecule has 7 nitrogen and oxygen atoms in total. The molecule has 2 amide bonds. The lowest BCUT2D eigenvalue weighted by molar-refractivity contribution is -0.0584. The zero-order valence-corrected chi connectivity index (χ0v) is 14.6. The summed E-state index contributed by atoms with van der Waals surface area (Å²) >= 11 is 0. The van der Waals surface area contributed by atoms with Crippen molar-refractivity contribution in [2.75, 3.05) is 18.0 Å². The van der Waals surface area contributed by atoms with Crippen LogP contribution in [0.25, 0.3) is 0 Å². The lowest BCUT2D eigenvalue weighted by atomic mass is 10.1. The minimum absolute atomic E-state index is 0.165. The Labute approximate surface area is 151 Å². The maximum absolute atomic E-state index is 12.3. The molecular weight excluding hydrogens is 334 g/mol. The van der Waals surface area contributed by atoms with E-state index in [2.05, 4.69) is 16.8 Å². The summed E-state index contributed by atoms with van der Waals surface area (Å²) in [6.07, 6.45) is 2.37. The summed E-state index contributed by atoms with van der Waals surface area (Å²) in [6.45, 7) is 5.78. The van der Waals surface area contributed by atoms with E-state index in [0.29, 0.717) is 5.06 Å². The smallest absolute Gasteiger partial charge is 0.357 e. The number of fused-ring (bicyclic) bond motifs is 1. The number of hydrogen-bond acceptors (Lipinski definition) is 6. The molecule has 1 aliphatic heterocycles. The average molecular weight is 353 g/mol. The number of anilines is 1. The fourth-order valence-electron chi connectivity index (χ4n) is 2.78. The molecule has 1 aliphatic rings. The summed E-state index contributed by atoms with van der Waals surface area (Å²) in [4.78, 5) is 48.1. The van der Waals surface area contributed by atoms with Crippen LogP contribution in [0, 0.1) is 0 Å². The second kappa shape index (κ2) is 7.35. The van der Waals surface area contributed by atoms with E-state index in [0.717, 1.165) is 25.3 Å². The van der Waals surface area contributed by atoms with Crippen molar-refractivity contribution in [2.24, 2.45) is 0 Å². The molecule has 0 unspecified atom stereocenters. The minimum atomic E-state index is -0.808. The summed E-state index contributed by atoms with van der Waals surface area (Å²) in [7, 11) is 0. The van der Waals surface area contributed by atoms with Gasteiger partial charge in [0.1, 0.15) is 5.82 Å². The van der Waals surface area contributed by atoms with Crippen LogP contribution in [-0.2, 0) is 4.84 Å². The number of carbonyl (C=O) groups is 3. The Morgan fingerprint density at radius 1 is 1.08 bits per heavy atom. The van der Waals surface area contributed by atoms with E-state index in [1.165, 1.54) is 18.3 Å². The molecule has 134 valence electrons. The Morgan fingerprint density at radius 2 is 1.73 bits per heavy atom. The van der Waals surface area contributed by atoms with Crippen LogP contribution in [0.15, 0.2) is 42.6 Å². The fraction of sp³-hybridized carbons (Fsp3) is 0.263. The summed E-state index contributed by atoms with van der Waals surface area (Å²) in [5, 5.41) is 0.496. The van der Waals surface area contributed by atoms with Gasteiger partial charge in [-0.05, 0) is 37.6 Å². The van der Waals surface area contributed by atoms with Gasteiger partial charge in [-0.3, -0.25) is 9.59 Å². The number of rotatable bonds is 6. The summed E-state index contributed by atoms with van der Waals surface area (Å²) in [5.41, 5.74) is 0.603. The van der Waals surface area contributed by atoms with Crippen molar-refractivity contribution in [2.45, 2.75) is 20.3 Å². The standard InChI is InChI=1S/C19H19N3O4/c1-3-11-21(4-2)16-10-9-13(12-20-16)19(25)26-22-17(23)14-7-5-6-8-15(14)18(22)24/h5-10,12H,3-4,11H2,1-2H3. The van der Waals surface area contributed by atoms with Gasteiger partial charge >= 0.3 is 5.97 Å². The Bertz CT molecular complexity index is 813. The van der Waals surface area contributed by atoms with E-state index < -0.39 is 17.8 Å². The molecule has 0 bridgehead atoms. The first-order valence-electron chi connectivity index (χ1n) is 8.48. The van der Waals surface area contributed by atoms with Crippen LogP contribution >= 0.6 is 0 Å². The van der Waals surface area contributed by atoms with E-state index in [9.17, 15) is 14.4 Å². The van der Waals surface area contributed by atoms with E-state index >= 15 is 0 Å².